The van der Waals surface area contributed by atoms with Gasteiger partial charge in [-0.2, -0.15) is 0 Å². The molecule has 0 spiro atoms. The van der Waals surface area contributed by atoms with Gasteiger partial charge in [-0.3, -0.25) is 4.99 Å². The van der Waals surface area contributed by atoms with Crippen molar-refractivity contribution in [2.45, 2.75) is 19.3 Å². The van der Waals surface area contributed by atoms with E-state index in [2.05, 4.69) is 21.8 Å². The molecule has 128 valence electrons. The number of ether oxygens (including phenoxy) is 2. The molecule has 1 N–H and O–H groups in total. The van der Waals surface area contributed by atoms with Gasteiger partial charge in [-0.25, -0.2) is 0 Å². The monoisotopic (exact) mass is 319 g/mol. The molecule has 5 nitrogen and oxygen atoms in total. The Bertz CT molecular complexity index is 472. The number of nitrogens with one attached hydrogen (secondary N) is 1. The number of rotatable bonds is 10. The summed E-state index contributed by atoms with van der Waals surface area (Å²) < 4.78 is 10.8. The van der Waals surface area contributed by atoms with Crippen molar-refractivity contribution < 1.29 is 9.47 Å². The maximum atomic E-state index is 5.70. The van der Waals surface area contributed by atoms with Crippen molar-refractivity contribution >= 4 is 5.96 Å². The third-order valence-corrected chi connectivity index (χ3v) is 3.41. The lowest BCUT2D eigenvalue weighted by Crippen LogP contribution is -2.40. The number of guanidine groups is 1. The van der Waals surface area contributed by atoms with E-state index in [-0.39, 0.29) is 0 Å². The number of hydrogen-bond acceptors (Lipinski definition) is 3. The summed E-state index contributed by atoms with van der Waals surface area (Å²) >= 11 is 0. The van der Waals surface area contributed by atoms with E-state index in [1.165, 1.54) is 0 Å². The summed E-state index contributed by atoms with van der Waals surface area (Å²) in [5.41, 5.74) is 0. The number of unbranched alkanes of at least 4 members (excludes halogenated alkanes) is 1. The van der Waals surface area contributed by atoms with Crippen LogP contribution in [0, 0.1) is 0 Å². The fourth-order valence-electron chi connectivity index (χ4n) is 2.10. The maximum Gasteiger partial charge on any atom is 0.193 e. The fourth-order valence-corrected chi connectivity index (χ4v) is 2.10. The first-order valence-electron chi connectivity index (χ1n) is 8.00. The molecule has 0 heterocycles. The molecule has 0 aliphatic rings. The molecule has 0 saturated heterocycles. The number of methoxy groups -OCH3 is 1. The molecule has 0 atom stereocenters. The van der Waals surface area contributed by atoms with Crippen molar-refractivity contribution in [3.63, 3.8) is 0 Å². The number of benzene rings is 1. The van der Waals surface area contributed by atoms with Gasteiger partial charge in [0.2, 0.25) is 0 Å². The first kappa shape index (κ1) is 18.9. The van der Waals surface area contributed by atoms with E-state index in [0.29, 0.717) is 6.61 Å². The molecule has 0 aliphatic heterocycles. The van der Waals surface area contributed by atoms with Crippen LogP contribution in [0.1, 0.15) is 19.3 Å². The molecule has 5 heteroatoms. The molecule has 0 bridgehead atoms. The molecule has 0 amide bonds. The zero-order valence-electron chi connectivity index (χ0n) is 14.5. The third-order valence-electron chi connectivity index (χ3n) is 3.41. The number of allylic oxidation sites excluding steroid dienone is 1. The second-order valence-electron chi connectivity index (χ2n) is 5.20. The van der Waals surface area contributed by atoms with Crippen LogP contribution in [-0.4, -0.2) is 51.8 Å². The van der Waals surface area contributed by atoms with E-state index in [1.54, 1.807) is 14.2 Å². The molecule has 0 unspecified atom stereocenters. The Hall–Kier alpha value is -2.17. The Balaban J connectivity index is 2.20. The third kappa shape index (κ3) is 7.58. The summed E-state index contributed by atoms with van der Waals surface area (Å²) in [5, 5.41) is 3.35. The van der Waals surface area contributed by atoms with Crippen LogP contribution in [0.25, 0.3) is 0 Å². The number of hydrogen-bond donors (Lipinski definition) is 1. The lowest BCUT2D eigenvalue weighted by Gasteiger charge is -2.21. The van der Waals surface area contributed by atoms with E-state index >= 15 is 0 Å². The first-order valence-corrected chi connectivity index (χ1v) is 8.00. The van der Waals surface area contributed by atoms with Gasteiger partial charge in [0.05, 0.1) is 13.7 Å². The van der Waals surface area contributed by atoms with Crippen molar-refractivity contribution in [2.75, 3.05) is 40.9 Å². The fraction of sp³-hybridized carbons (Fsp3) is 0.500. The van der Waals surface area contributed by atoms with Crippen LogP contribution in [-0.2, 0) is 0 Å². The van der Waals surface area contributed by atoms with Crippen LogP contribution < -0.4 is 14.8 Å². The Morgan fingerprint density at radius 2 is 1.96 bits per heavy atom. The zero-order valence-corrected chi connectivity index (χ0v) is 14.5. The highest BCUT2D eigenvalue weighted by molar-refractivity contribution is 5.79. The molecule has 23 heavy (non-hydrogen) atoms. The van der Waals surface area contributed by atoms with Crippen LogP contribution in [0.15, 0.2) is 41.9 Å². The van der Waals surface area contributed by atoms with Crippen LogP contribution in [0.3, 0.4) is 0 Å². The lowest BCUT2D eigenvalue weighted by atomic mass is 10.3. The van der Waals surface area contributed by atoms with Crippen LogP contribution in [0.2, 0.25) is 0 Å². The topological polar surface area (TPSA) is 46.1 Å². The number of nitrogens with zero attached hydrogens (tertiary/aromatic N) is 2. The first-order chi connectivity index (χ1) is 11.2. The summed E-state index contributed by atoms with van der Waals surface area (Å²) in [6.07, 6.45) is 4.96. The normalized spacial score (nSPS) is 11.0. The molecule has 1 aromatic rings. The lowest BCUT2D eigenvalue weighted by molar-refractivity contribution is 0.309. The van der Waals surface area contributed by atoms with Crippen LogP contribution >= 0.6 is 0 Å². The van der Waals surface area contributed by atoms with Gasteiger partial charge in [0.15, 0.2) is 5.96 Å². The summed E-state index contributed by atoms with van der Waals surface area (Å²) in [4.78, 5) is 6.43. The standard InChI is InChI=1S/C18H29N3O2/c1-5-6-7-14-21(3)18(19-2)20-13-8-15-23-17-11-9-16(22-4)10-12-17/h5,9-12H,1,6-8,13-15H2,2-4H3,(H,19,20). The minimum Gasteiger partial charge on any atom is -0.497 e. The van der Waals surface area contributed by atoms with Crippen molar-refractivity contribution in [2.24, 2.45) is 4.99 Å². The molecule has 1 aromatic carbocycles. The van der Waals surface area contributed by atoms with Gasteiger partial charge in [0.1, 0.15) is 11.5 Å². The molecule has 1 rings (SSSR count). The second-order valence-corrected chi connectivity index (χ2v) is 5.20. The quantitative estimate of drug-likeness (QED) is 0.312. The molecule has 0 radical (unpaired) electrons. The maximum absolute atomic E-state index is 5.70. The van der Waals surface area contributed by atoms with Gasteiger partial charge in [-0.1, -0.05) is 6.08 Å². The Labute approximate surface area is 140 Å². The minimum atomic E-state index is 0.663. The molecule has 0 aromatic heterocycles. The highest BCUT2D eigenvalue weighted by atomic mass is 16.5. The molecular weight excluding hydrogens is 290 g/mol. The van der Waals surface area contributed by atoms with Gasteiger partial charge >= 0.3 is 0 Å². The second kappa shape index (κ2) is 11.4. The van der Waals surface area contributed by atoms with Gasteiger partial charge in [0, 0.05) is 27.2 Å². The Kier molecular flexibility index (Phi) is 9.36. The predicted octanol–water partition coefficient (Wildman–Crippen LogP) is 2.94. The summed E-state index contributed by atoms with van der Waals surface area (Å²) in [6, 6.07) is 7.62. The molecule has 0 saturated carbocycles. The summed E-state index contributed by atoms with van der Waals surface area (Å²) in [6.45, 7) is 6.20. The Morgan fingerprint density at radius 3 is 2.57 bits per heavy atom. The van der Waals surface area contributed by atoms with Gasteiger partial charge < -0.3 is 19.7 Å². The van der Waals surface area contributed by atoms with Gasteiger partial charge in [-0.15, -0.1) is 6.58 Å². The smallest absolute Gasteiger partial charge is 0.193 e. The zero-order chi connectivity index (χ0) is 16.9. The average Bonchev–Trinajstić information content (AvgIpc) is 2.58. The van der Waals surface area contributed by atoms with E-state index in [1.807, 2.05) is 37.4 Å². The van der Waals surface area contributed by atoms with Crippen LogP contribution in [0.4, 0.5) is 0 Å². The van der Waals surface area contributed by atoms with Gasteiger partial charge in [0.25, 0.3) is 0 Å². The minimum absolute atomic E-state index is 0.663. The van der Waals surface area contributed by atoms with E-state index < -0.39 is 0 Å². The highest BCUT2D eigenvalue weighted by Gasteiger charge is 2.04. The van der Waals surface area contributed by atoms with Gasteiger partial charge in [-0.05, 0) is 43.5 Å². The SMILES string of the molecule is C=CCCCN(C)C(=NC)NCCCOc1ccc(OC)cc1. The van der Waals surface area contributed by atoms with Crippen molar-refractivity contribution in [1.29, 1.82) is 0 Å². The average molecular weight is 319 g/mol. The molecular formula is C18H29N3O2. The summed E-state index contributed by atoms with van der Waals surface area (Å²) in [7, 11) is 5.51. The Morgan fingerprint density at radius 1 is 1.26 bits per heavy atom. The predicted molar refractivity (Wildman–Crippen MR) is 96.5 cm³/mol. The van der Waals surface area contributed by atoms with E-state index in [4.69, 9.17) is 9.47 Å². The van der Waals surface area contributed by atoms with Crippen molar-refractivity contribution in [1.82, 2.24) is 10.2 Å². The molecule has 0 fully saturated rings. The molecule has 0 aliphatic carbocycles. The van der Waals surface area contributed by atoms with Crippen molar-refractivity contribution in [3.8, 4) is 11.5 Å². The van der Waals surface area contributed by atoms with Crippen LogP contribution in [0.5, 0.6) is 11.5 Å². The largest absolute Gasteiger partial charge is 0.497 e. The number of aliphatic imine (C=N–C) groups is 1. The highest BCUT2D eigenvalue weighted by Crippen LogP contribution is 2.16. The van der Waals surface area contributed by atoms with Crippen molar-refractivity contribution in [3.05, 3.63) is 36.9 Å². The van der Waals surface area contributed by atoms with E-state index in [9.17, 15) is 0 Å². The van der Waals surface area contributed by atoms with E-state index in [0.717, 1.165) is 49.8 Å². The summed E-state index contributed by atoms with van der Waals surface area (Å²) in [5.74, 6) is 2.61.